The van der Waals surface area contributed by atoms with E-state index in [0.29, 0.717) is 5.92 Å². The standard InChI is InChI=1S/C15H18BrN/c1-10(2)8-11(3)13-5-4-12-9-17-7-6-14(12)15(13)16/h4-7,9-11H,8H2,1-3H3. The third kappa shape index (κ3) is 2.68. The highest BCUT2D eigenvalue weighted by Gasteiger charge is 2.13. The molecule has 0 aliphatic heterocycles. The molecule has 1 atom stereocenters. The minimum Gasteiger partial charge on any atom is -0.264 e. The second kappa shape index (κ2) is 5.18. The number of pyridine rings is 1. The third-order valence-electron chi connectivity index (χ3n) is 3.14. The fraction of sp³-hybridized carbons (Fsp3) is 0.400. The molecule has 1 aromatic carbocycles. The summed E-state index contributed by atoms with van der Waals surface area (Å²) in [6.45, 7) is 6.85. The SMILES string of the molecule is CC(C)CC(C)c1ccc2cnccc2c1Br. The average molecular weight is 292 g/mol. The Morgan fingerprint density at radius 1 is 1.18 bits per heavy atom. The summed E-state index contributed by atoms with van der Waals surface area (Å²) in [7, 11) is 0. The number of fused-ring (bicyclic) bond motifs is 1. The molecule has 1 unspecified atom stereocenters. The van der Waals surface area contributed by atoms with Gasteiger partial charge in [-0.2, -0.15) is 0 Å². The molecule has 1 heterocycles. The zero-order chi connectivity index (χ0) is 12.4. The summed E-state index contributed by atoms with van der Waals surface area (Å²) in [6.07, 6.45) is 4.98. The van der Waals surface area contributed by atoms with E-state index in [1.54, 1.807) is 0 Å². The van der Waals surface area contributed by atoms with Crippen molar-refractivity contribution >= 4 is 26.7 Å². The summed E-state index contributed by atoms with van der Waals surface area (Å²) in [5, 5.41) is 2.45. The van der Waals surface area contributed by atoms with Crippen LogP contribution in [-0.4, -0.2) is 4.98 Å². The molecule has 0 aliphatic carbocycles. The Balaban J connectivity index is 2.45. The van der Waals surface area contributed by atoms with Crippen LogP contribution < -0.4 is 0 Å². The molecule has 0 saturated heterocycles. The smallest absolute Gasteiger partial charge is 0.0346 e. The molecule has 1 nitrogen and oxygen atoms in total. The van der Waals surface area contributed by atoms with Gasteiger partial charge in [0.05, 0.1) is 0 Å². The van der Waals surface area contributed by atoms with Crippen LogP contribution in [0, 0.1) is 5.92 Å². The number of benzene rings is 1. The van der Waals surface area contributed by atoms with Gasteiger partial charge in [-0.05, 0) is 51.2 Å². The maximum atomic E-state index is 4.16. The molecule has 2 rings (SSSR count). The summed E-state index contributed by atoms with van der Waals surface area (Å²) in [5.74, 6) is 1.31. The van der Waals surface area contributed by atoms with Gasteiger partial charge < -0.3 is 0 Å². The van der Waals surface area contributed by atoms with Crippen molar-refractivity contribution in [3.8, 4) is 0 Å². The molecule has 1 aromatic heterocycles. The number of nitrogens with zero attached hydrogens (tertiary/aromatic N) is 1. The van der Waals surface area contributed by atoms with Crippen LogP contribution in [0.5, 0.6) is 0 Å². The Kier molecular flexibility index (Phi) is 3.82. The molecule has 0 amide bonds. The predicted octanol–water partition coefficient (Wildman–Crippen LogP) is 5.15. The Labute approximate surface area is 111 Å². The summed E-state index contributed by atoms with van der Waals surface area (Å²) < 4.78 is 1.23. The van der Waals surface area contributed by atoms with Crippen LogP contribution in [0.1, 0.15) is 38.7 Å². The van der Waals surface area contributed by atoms with E-state index < -0.39 is 0 Å². The summed E-state index contributed by atoms with van der Waals surface area (Å²) in [5.41, 5.74) is 1.40. The summed E-state index contributed by atoms with van der Waals surface area (Å²) >= 11 is 3.74. The van der Waals surface area contributed by atoms with Crippen LogP contribution in [0.4, 0.5) is 0 Å². The van der Waals surface area contributed by atoms with Gasteiger partial charge in [0.15, 0.2) is 0 Å². The molecule has 0 spiro atoms. The molecule has 0 fully saturated rings. The first-order valence-corrected chi connectivity index (χ1v) is 6.91. The highest BCUT2D eigenvalue weighted by Crippen LogP contribution is 2.34. The van der Waals surface area contributed by atoms with Crippen molar-refractivity contribution < 1.29 is 0 Å². The minimum atomic E-state index is 0.585. The van der Waals surface area contributed by atoms with Crippen LogP contribution >= 0.6 is 15.9 Å². The lowest BCUT2D eigenvalue weighted by Gasteiger charge is -2.17. The van der Waals surface area contributed by atoms with E-state index in [0.717, 1.165) is 5.92 Å². The predicted molar refractivity (Wildman–Crippen MR) is 77.3 cm³/mol. The van der Waals surface area contributed by atoms with Crippen molar-refractivity contribution in [3.63, 3.8) is 0 Å². The first-order chi connectivity index (χ1) is 8.09. The Bertz CT molecular complexity index is 519. The normalized spacial score (nSPS) is 13.2. The molecule has 0 radical (unpaired) electrons. The van der Waals surface area contributed by atoms with E-state index in [1.165, 1.54) is 27.2 Å². The molecule has 17 heavy (non-hydrogen) atoms. The fourth-order valence-corrected chi connectivity index (χ4v) is 3.25. The lowest BCUT2D eigenvalue weighted by atomic mass is 9.91. The summed E-state index contributed by atoms with van der Waals surface area (Å²) in [4.78, 5) is 4.16. The molecule has 0 bridgehead atoms. The van der Waals surface area contributed by atoms with Gasteiger partial charge in [0.1, 0.15) is 0 Å². The van der Waals surface area contributed by atoms with Gasteiger partial charge in [-0.3, -0.25) is 4.98 Å². The molecule has 0 saturated carbocycles. The first-order valence-electron chi connectivity index (χ1n) is 6.11. The first kappa shape index (κ1) is 12.6. The van der Waals surface area contributed by atoms with E-state index >= 15 is 0 Å². The van der Waals surface area contributed by atoms with Gasteiger partial charge in [0.2, 0.25) is 0 Å². The lowest BCUT2D eigenvalue weighted by Crippen LogP contribution is -2.00. The highest BCUT2D eigenvalue weighted by atomic mass is 79.9. The second-order valence-electron chi connectivity index (χ2n) is 5.10. The van der Waals surface area contributed by atoms with E-state index in [9.17, 15) is 0 Å². The van der Waals surface area contributed by atoms with Gasteiger partial charge in [-0.15, -0.1) is 0 Å². The Morgan fingerprint density at radius 2 is 1.94 bits per heavy atom. The molecule has 0 aliphatic rings. The van der Waals surface area contributed by atoms with Crippen LogP contribution in [0.3, 0.4) is 0 Å². The van der Waals surface area contributed by atoms with Crippen molar-refractivity contribution in [2.75, 3.05) is 0 Å². The minimum absolute atomic E-state index is 0.585. The molecule has 2 aromatic rings. The van der Waals surface area contributed by atoms with Gasteiger partial charge in [-0.25, -0.2) is 0 Å². The number of rotatable bonds is 3. The van der Waals surface area contributed by atoms with Crippen LogP contribution in [-0.2, 0) is 0 Å². The second-order valence-corrected chi connectivity index (χ2v) is 5.89. The van der Waals surface area contributed by atoms with Crippen molar-refractivity contribution in [1.82, 2.24) is 4.98 Å². The molecular formula is C15H18BrN. The zero-order valence-corrected chi connectivity index (χ0v) is 12.2. The van der Waals surface area contributed by atoms with Crippen LogP contribution in [0.2, 0.25) is 0 Å². The quantitative estimate of drug-likeness (QED) is 0.762. The molecule has 90 valence electrons. The van der Waals surface area contributed by atoms with Crippen LogP contribution in [0.25, 0.3) is 10.8 Å². The zero-order valence-electron chi connectivity index (χ0n) is 10.6. The topological polar surface area (TPSA) is 12.9 Å². The van der Waals surface area contributed by atoms with Gasteiger partial charge in [0.25, 0.3) is 0 Å². The van der Waals surface area contributed by atoms with Crippen LogP contribution in [0.15, 0.2) is 35.1 Å². The maximum absolute atomic E-state index is 4.16. The number of hydrogen-bond acceptors (Lipinski definition) is 1. The fourth-order valence-electron chi connectivity index (χ4n) is 2.36. The molecule has 2 heteroatoms. The van der Waals surface area contributed by atoms with Crippen molar-refractivity contribution in [1.29, 1.82) is 0 Å². The maximum Gasteiger partial charge on any atom is 0.0346 e. The monoisotopic (exact) mass is 291 g/mol. The Morgan fingerprint density at radius 3 is 2.65 bits per heavy atom. The molecule has 0 N–H and O–H groups in total. The van der Waals surface area contributed by atoms with Crippen molar-refractivity contribution in [2.45, 2.75) is 33.1 Å². The average Bonchev–Trinajstić information content (AvgIpc) is 2.28. The number of hydrogen-bond donors (Lipinski definition) is 0. The van der Waals surface area contributed by atoms with E-state index in [-0.39, 0.29) is 0 Å². The van der Waals surface area contributed by atoms with Gasteiger partial charge >= 0.3 is 0 Å². The highest BCUT2D eigenvalue weighted by molar-refractivity contribution is 9.10. The van der Waals surface area contributed by atoms with Crippen molar-refractivity contribution in [3.05, 3.63) is 40.6 Å². The van der Waals surface area contributed by atoms with E-state index in [1.807, 2.05) is 12.4 Å². The molecular weight excluding hydrogens is 274 g/mol. The third-order valence-corrected chi connectivity index (χ3v) is 4.03. The largest absolute Gasteiger partial charge is 0.264 e. The van der Waals surface area contributed by atoms with Gasteiger partial charge in [0, 0.05) is 22.3 Å². The number of halogens is 1. The Hall–Kier alpha value is -0.890. The van der Waals surface area contributed by atoms with Crippen molar-refractivity contribution in [2.24, 2.45) is 5.92 Å². The summed E-state index contributed by atoms with van der Waals surface area (Å²) in [6, 6.07) is 6.46. The van der Waals surface area contributed by atoms with E-state index in [4.69, 9.17) is 0 Å². The van der Waals surface area contributed by atoms with E-state index in [2.05, 4.69) is 59.9 Å². The van der Waals surface area contributed by atoms with Gasteiger partial charge in [-0.1, -0.05) is 32.9 Å². The number of aromatic nitrogens is 1. The lowest BCUT2D eigenvalue weighted by molar-refractivity contribution is 0.523.